The number of hydrogen-bond donors (Lipinski definition) is 0. The van der Waals surface area contributed by atoms with Gasteiger partial charge in [0.05, 0.1) is 0 Å². The number of thiophene rings is 2. The van der Waals surface area contributed by atoms with Crippen LogP contribution in [-0.4, -0.2) is 4.98 Å². The summed E-state index contributed by atoms with van der Waals surface area (Å²) in [5, 5.41) is 7.30. The standard InChI is InChI=1S/C47H28N2OS2/c1-2-8-29(9-3-1)31-14-18-34(19-15-31)49(35-20-16-30-10-4-5-11-32(30)26-35)36-21-23-39-44(28-36)52-42-25-24-40-46(45(39)42)50-47(48-40)33-17-22-38-37-12-6-7-13-41(37)51-43(38)27-33/h1-28H. The number of hydrogen-bond acceptors (Lipinski definition) is 5. The molecule has 52 heavy (non-hydrogen) atoms. The maximum absolute atomic E-state index is 6.65. The minimum atomic E-state index is 0.652. The fourth-order valence-corrected chi connectivity index (χ4v) is 9.84. The first-order chi connectivity index (χ1) is 25.7. The van der Waals surface area contributed by atoms with Gasteiger partial charge in [0.2, 0.25) is 5.89 Å². The van der Waals surface area contributed by atoms with Gasteiger partial charge in [-0.05, 0) is 88.6 Å². The molecule has 0 N–H and O–H groups in total. The van der Waals surface area contributed by atoms with Gasteiger partial charge in [0.25, 0.3) is 0 Å². The van der Waals surface area contributed by atoms with Crippen molar-refractivity contribution in [1.29, 1.82) is 0 Å². The molecule has 0 unspecified atom stereocenters. The highest BCUT2D eigenvalue weighted by Crippen LogP contribution is 2.44. The zero-order valence-corrected chi connectivity index (χ0v) is 29.4. The molecule has 0 fully saturated rings. The molecule has 0 saturated heterocycles. The zero-order valence-electron chi connectivity index (χ0n) is 27.8. The van der Waals surface area contributed by atoms with Gasteiger partial charge in [-0.3, -0.25) is 0 Å². The van der Waals surface area contributed by atoms with Crippen molar-refractivity contribution in [2.45, 2.75) is 0 Å². The number of oxazole rings is 1. The van der Waals surface area contributed by atoms with Crippen LogP contribution in [0.5, 0.6) is 0 Å². The number of fused-ring (bicyclic) bond motifs is 9. The molecule has 11 rings (SSSR count). The molecule has 0 bridgehead atoms. The van der Waals surface area contributed by atoms with Crippen molar-refractivity contribution >= 4 is 102 Å². The average Bonchev–Trinajstić information content (AvgIpc) is 3.91. The van der Waals surface area contributed by atoms with E-state index in [4.69, 9.17) is 9.40 Å². The third kappa shape index (κ3) is 4.74. The number of benzene rings is 8. The van der Waals surface area contributed by atoms with E-state index in [0.717, 1.165) is 39.1 Å². The zero-order chi connectivity index (χ0) is 34.2. The lowest BCUT2D eigenvalue weighted by molar-refractivity contribution is 0.623. The first-order valence-electron chi connectivity index (χ1n) is 17.4. The van der Waals surface area contributed by atoms with E-state index in [-0.39, 0.29) is 0 Å². The van der Waals surface area contributed by atoms with Crippen molar-refractivity contribution < 1.29 is 4.42 Å². The molecule has 8 aromatic carbocycles. The smallest absolute Gasteiger partial charge is 0.227 e. The highest BCUT2D eigenvalue weighted by atomic mass is 32.1. The van der Waals surface area contributed by atoms with Crippen LogP contribution in [0.3, 0.4) is 0 Å². The average molecular weight is 701 g/mol. The number of rotatable bonds is 5. The number of nitrogens with zero attached hydrogens (tertiary/aromatic N) is 2. The molecule has 0 aliphatic heterocycles. The molecular weight excluding hydrogens is 673 g/mol. The summed E-state index contributed by atoms with van der Waals surface area (Å²) < 4.78 is 11.6. The van der Waals surface area contributed by atoms with Crippen molar-refractivity contribution in [3.8, 4) is 22.6 Å². The molecular formula is C47H28N2OS2. The molecule has 0 spiro atoms. The van der Waals surface area contributed by atoms with Crippen LogP contribution in [0.4, 0.5) is 17.1 Å². The van der Waals surface area contributed by atoms with Crippen molar-refractivity contribution in [2.24, 2.45) is 0 Å². The molecule has 0 atom stereocenters. The predicted octanol–water partition coefficient (Wildman–Crippen LogP) is 14.5. The van der Waals surface area contributed by atoms with Gasteiger partial charge in [-0.25, -0.2) is 4.98 Å². The molecule has 3 heterocycles. The second kappa shape index (κ2) is 11.6. The van der Waals surface area contributed by atoms with Gasteiger partial charge < -0.3 is 9.32 Å². The lowest BCUT2D eigenvalue weighted by atomic mass is 10.0. The van der Waals surface area contributed by atoms with Crippen LogP contribution in [0.25, 0.3) is 84.8 Å². The second-order valence-corrected chi connectivity index (χ2v) is 15.3. The highest BCUT2D eigenvalue weighted by molar-refractivity contribution is 7.26. The monoisotopic (exact) mass is 700 g/mol. The van der Waals surface area contributed by atoms with Crippen molar-refractivity contribution in [3.63, 3.8) is 0 Å². The van der Waals surface area contributed by atoms with E-state index in [2.05, 4.69) is 175 Å². The first kappa shape index (κ1) is 29.5. The summed E-state index contributed by atoms with van der Waals surface area (Å²) >= 11 is 3.61. The molecule has 0 aliphatic rings. The molecule has 11 aromatic rings. The van der Waals surface area contributed by atoms with Gasteiger partial charge in [-0.2, -0.15) is 0 Å². The molecule has 244 valence electrons. The van der Waals surface area contributed by atoms with E-state index in [9.17, 15) is 0 Å². The minimum absolute atomic E-state index is 0.652. The summed E-state index contributed by atoms with van der Waals surface area (Å²) in [5.41, 5.74) is 8.44. The van der Waals surface area contributed by atoms with Crippen molar-refractivity contribution in [2.75, 3.05) is 4.90 Å². The van der Waals surface area contributed by atoms with Gasteiger partial charge in [0.15, 0.2) is 5.58 Å². The minimum Gasteiger partial charge on any atom is -0.435 e. The number of anilines is 3. The fourth-order valence-electron chi connectivity index (χ4n) is 7.55. The normalized spacial score (nSPS) is 11.8. The molecule has 3 nitrogen and oxygen atoms in total. The van der Waals surface area contributed by atoms with Crippen molar-refractivity contribution in [1.82, 2.24) is 4.98 Å². The molecule has 0 radical (unpaired) electrons. The Labute approximate surface area is 307 Å². The van der Waals surface area contributed by atoms with Crippen LogP contribution in [0, 0.1) is 0 Å². The third-order valence-electron chi connectivity index (χ3n) is 10.1. The van der Waals surface area contributed by atoms with E-state index in [1.807, 2.05) is 11.3 Å². The van der Waals surface area contributed by atoms with E-state index in [1.165, 1.54) is 56.9 Å². The second-order valence-electron chi connectivity index (χ2n) is 13.2. The van der Waals surface area contributed by atoms with Crippen LogP contribution >= 0.6 is 22.7 Å². The van der Waals surface area contributed by atoms with E-state index >= 15 is 0 Å². The summed E-state index contributed by atoms with van der Waals surface area (Å²) in [6, 6.07) is 60.9. The van der Waals surface area contributed by atoms with Gasteiger partial charge in [0, 0.05) is 63.0 Å². The van der Waals surface area contributed by atoms with Crippen molar-refractivity contribution in [3.05, 3.63) is 170 Å². The van der Waals surface area contributed by atoms with E-state index in [0.29, 0.717) is 5.89 Å². The first-order valence-corrected chi connectivity index (χ1v) is 19.0. The number of aromatic nitrogens is 1. The summed E-state index contributed by atoms with van der Waals surface area (Å²) in [5.74, 6) is 0.652. The van der Waals surface area contributed by atoms with Gasteiger partial charge in [-0.15, -0.1) is 22.7 Å². The molecule has 3 aromatic heterocycles. The lowest BCUT2D eigenvalue weighted by Gasteiger charge is -2.26. The maximum Gasteiger partial charge on any atom is 0.227 e. The Morgan fingerprint density at radius 3 is 1.98 bits per heavy atom. The Morgan fingerprint density at radius 1 is 0.423 bits per heavy atom. The van der Waals surface area contributed by atoms with Crippen LogP contribution in [0.2, 0.25) is 0 Å². The molecule has 0 saturated carbocycles. The predicted molar refractivity (Wildman–Crippen MR) is 223 cm³/mol. The Kier molecular flexibility index (Phi) is 6.59. The van der Waals surface area contributed by atoms with Crippen LogP contribution in [0.15, 0.2) is 174 Å². The Morgan fingerprint density at radius 2 is 1.08 bits per heavy atom. The van der Waals surface area contributed by atoms with Gasteiger partial charge in [-0.1, -0.05) is 103 Å². The van der Waals surface area contributed by atoms with E-state index < -0.39 is 0 Å². The van der Waals surface area contributed by atoms with Crippen LogP contribution in [-0.2, 0) is 0 Å². The Balaban J connectivity index is 1.03. The quantitative estimate of drug-likeness (QED) is 0.179. The van der Waals surface area contributed by atoms with Gasteiger partial charge >= 0.3 is 0 Å². The summed E-state index contributed by atoms with van der Waals surface area (Å²) in [7, 11) is 0. The molecule has 5 heteroatoms. The Hall–Kier alpha value is -6.27. The summed E-state index contributed by atoms with van der Waals surface area (Å²) in [6.07, 6.45) is 0. The van der Waals surface area contributed by atoms with Crippen LogP contribution < -0.4 is 4.90 Å². The fraction of sp³-hybridized carbons (Fsp3) is 0. The topological polar surface area (TPSA) is 29.3 Å². The van der Waals surface area contributed by atoms with Gasteiger partial charge in [0.1, 0.15) is 5.52 Å². The van der Waals surface area contributed by atoms with Crippen LogP contribution in [0.1, 0.15) is 0 Å². The molecule has 0 aliphatic carbocycles. The summed E-state index contributed by atoms with van der Waals surface area (Å²) in [4.78, 5) is 7.35. The third-order valence-corrected chi connectivity index (χ3v) is 12.3. The largest absolute Gasteiger partial charge is 0.435 e. The lowest BCUT2D eigenvalue weighted by Crippen LogP contribution is -2.09. The maximum atomic E-state index is 6.65. The molecule has 0 amide bonds. The van der Waals surface area contributed by atoms with E-state index in [1.54, 1.807) is 11.3 Å². The Bertz CT molecular complexity index is 3140. The highest BCUT2D eigenvalue weighted by Gasteiger charge is 2.19. The SMILES string of the molecule is c1ccc(-c2ccc(N(c3ccc4ccccc4c3)c3ccc4c(c3)sc3ccc5nc(-c6ccc7c(c6)sc6ccccc67)oc5c34)cc2)cc1. The summed E-state index contributed by atoms with van der Waals surface area (Å²) in [6.45, 7) is 0.